The van der Waals surface area contributed by atoms with Gasteiger partial charge in [-0.3, -0.25) is 9.80 Å². The van der Waals surface area contributed by atoms with Gasteiger partial charge in [0.25, 0.3) is 0 Å². The van der Waals surface area contributed by atoms with E-state index in [2.05, 4.69) is 53.2 Å². The lowest BCUT2D eigenvalue weighted by atomic mass is 10.1. The van der Waals surface area contributed by atoms with Crippen LogP contribution in [0.4, 0.5) is 0 Å². The number of benzene rings is 1. The summed E-state index contributed by atoms with van der Waals surface area (Å²) in [5.41, 5.74) is 2.86. The fourth-order valence-corrected chi connectivity index (χ4v) is 2.58. The highest BCUT2D eigenvalue weighted by atomic mass is 15.2. The summed E-state index contributed by atoms with van der Waals surface area (Å²) >= 11 is 0. The molecule has 1 aromatic carbocycles. The van der Waals surface area contributed by atoms with Crippen LogP contribution < -0.4 is 5.32 Å². The van der Waals surface area contributed by atoms with Gasteiger partial charge in [-0.25, -0.2) is 0 Å². The molecule has 0 amide bonds. The third-order valence-corrected chi connectivity index (χ3v) is 3.94. The van der Waals surface area contributed by atoms with Crippen LogP contribution in [-0.2, 0) is 13.1 Å². The fraction of sp³-hybridized carbons (Fsp3) is 0.625. The Bertz CT molecular complexity index is 351. The van der Waals surface area contributed by atoms with E-state index >= 15 is 0 Å². The average molecular weight is 261 g/mol. The van der Waals surface area contributed by atoms with Gasteiger partial charge in [-0.1, -0.05) is 38.1 Å². The van der Waals surface area contributed by atoms with Crippen LogP contribution in [0.2, 0.25) is 0 Å². The summed E-state index contributed by atoms with van der Waals surface area (Å²) in [4.78, 5) is 4.97. The second-order valence-corrected chi connectivity index (χ2v) is 5.30. The molecule has 0 spiro atoms. The van der Waals surface area contributed by atoms with Gasteiger partial charge < -0.3 is 5.32 Å². The zero-order chi connectivity index (χ0) is 13.5. The van der Waals surface area contributed by atoms with Crippen molar-refractivity contribution >= 4 is 0 Å². The smallest absolute Gasteiger partial charge is 0.0234 e. The van der Waals surface area contributed by atoms with E-state index in [1.54, 1.807) is 0 Å². The zero-order valence-corrected chi connectivity index (χ0v) is 12.4. The number of nitrogens with one attached hydrogen (secondary N) is 1. The molecule has 1 heterocycles. The Balaban J connectivity index is 1.86. The van der Waals surface area contributed by atoms with Crippen molar-refractivity contribution in [1.29, 1.82) is 0 Å². The Labute approximate surface area is 117 Å². The van der Waals surface area contributed by atoms with Gasteiger partial charge in [0, 0.05) is 39.3 Å². The summed E-state index contributed by atoms with van der Waals surface area (Å²) in [6.07, 6.45) is 0. The average Bonchev–Trinajstić information content (AvgIpc) is 2.47. The molecule has 0 atom stereocenters. The summed E-state index contributed by atoms with van der Waals surface area (Å²) in [5, 5.41) is 3.40. The van der Waals surface area contributed by atoms with Crippen LogP contribution in [0.25, 0.3) is 0 Å². The molecule has 2 rings (SSSR count). The molecule has 1 aliphatic heterocycles. The molecule has 3 heteroatoms. The van der Waals surface area contributed by atoms with Gasteiger partial charge in [0.1, 0.15) is 0 Å². The topological polar surface area (TPSA) is 18.5 Å². The Kier molecular flexibility index (Phi) is 5.83. The van der Waals surface area contributed by atoms with Crippen LogP contribution in [0.15, 0.2) is 24.3 Å². The summed E-state index contributed by atoms with van der Waals surface area (Å²) in [6, 6.07) is 9.16. The molecule has 19 heavy (non-hydrogen) atoms. The lowest BCUT2D eigenvalue weighted by molar-refractivity contribution is 0.233. The van der Waals surface area contributed by atoms with Crippen molar-refractivity contribution in [2.24, 2.45) is 0 Å². The van der Waals surface area contributed by atoms with Gasteiger partial charge in [-0.05, 0) is 24.2 Å². The van der Waals surface area contributed by atoms with Crippen LogP contribution in [0, 0.1) is 0 Å². The molecule has 106 valence electrons. The lowest BCUT2D eigenvalue weighted by Gasteiger charge is -2.27. The van der Waals surface area contributed by atoms with E-state index in [-0.39, 0.29) is 0 Å². The minimum Gasteiger partial charge on any atom is -0.314 e. The molecule has 0 radical (unpaired) electrons. The molecular formula is C16H27N3. The third-order valence-electron chi connectivity index (χ3n) is 3.94. The molecule has 0 unspecified atom stereocenters. The zero-order valence-electron chi connectivity index (χ0n) is 12.4. The molecule has 3 nitrogen and oxygen atoms in total. The molecule has 1 fully saturated rings. The normalized spacial score (nSPS) is 17.0. The predicted molar refractivity (Wildman–Crippen MR) is 81.2 cm³/mol. The van der Waals surface area contributed by atoms with Crippen molar-refractivity contribution < 1.29 is 0 Å². The molecule has 1 aromatic rings. The van der Waals surface area contributed by atoms with E-state index in [1.165, 1.54) is 24.2 Å². The van der Waals surface area contributed by atoms with E-state index in [0.717, 1.165) is 39.3 Å². The summed E-state index contributed by atoms with van der Waals surface area (Å²) in [7, 11) is 0. The highest BCUT2D eigenvalue weighted by molar-refractivity contribution is 5.22. The van der Waals surface area contributed by atoms with E-state index in [9.17, 15) is 0 Å². The largest absolute Gasteiger partial charge is 0.314 e. The molecule has 1 saturated heterocycles. The van der Waals surface area contributed by atoms with Crippen molar-refractivity contribution in [2.75, 3.05) is 39.3 Å². The van der Waals surface area contributed by atoms with Crippen molar-refractivity contribution in [3.8, 4) is 0 Å². The van der Waals surface area contributed by atoms with Gasteiger partial charge in [-0.15, -0.1) is 0 Å². The Morgan fingerprint density at radius 2 is 1.58 bits per heavy atom. The maximum atomic E-state index is 3.40. The van der Waals surface area contributed by atoms with Gasteiger partial charge in [-0.2, -0.15) is 0 Å². The van der Waals surface area contributed by atoms with Crippen molar-refractivity contribution in [3.63, 3.8) is 0 Å². The van der Waals surface area contributed by atoms with E-state index < -0.39 is 0 Å². The Morgan fingerprint density at radius 3 is 2.16 bits per heavy atom. The minimum absolute atomic E-state index is 1.07. The van der Waals surface area contributed by atoms with Gasteiger partial charge >= 0.3 is 0 Å². The molecule has 0 aromatic heterocycles. The van der Waals surface area contributed by atoms with Crippen LogP contribution in [0.1, 0.15) is 25.0 Å². The lowest BCUT2D eigenvalue weighted by Crippen LogP contribution is -2.42. The van der Waals surface area contributed by atoms with Crippen LogP contribution in [0.5, 0.6) is 0 Å². The maximum absolute atomic E-state index is 3.40. The van der Waals surface area contributed by atoms with Crippen LogP contribution in [0.3, 0.4) is 0 Å². The van der Waals surface area contributed by atoms with E-state index in [0.29, 0.717) is 0 Å². The molecule has 0 bridgehead atoms. The first kappa shape index (κ1) is 14.5. The molecule has 1 aliphatic rings. The highest BCUT2D eigenvalue weighted by Gasteiger charge is 2.09. The maximum Gasteiger partial charge on any atom is 0.0234 e. The first-order valence-electron chi connectivity index (χ1n) is 7.55. The monoisotopic (exact) mass is 261 g/mol. The van der Waals surface area contributed by atoms with Crippen molar-refractivity contribution in [1.82, 2.24) is 15.1 Å². The van der Waals surface area contributed by atoms with E-state index in [4.69, 9.17) is 0 Å². The fourth-order valence-electron chi connectivity index (χ4n) is 2.58. The Morgan fingerprint density at radius 1 is 1.00 bits per heavy atom. The predicted octanol–water partition coefficient (Wildman–Crippen LogP) is 1.93. The number of rotatable bonds is 6. The highest BCUT2D eigenvalue weighted by Crippen LogP contribution is 2.10. The first-order chi connectivity index (χ1) is 9.31. The number of hydrogen-bond acceptors (Lipinski definition) is 3. The van der Waals surface area contributed by atoms with E-state index in [1.807, 2.05) is 0 Å². The molecule has 0 aliphatic carbocycles. The summed E-state index contributed by atoms with van der Waals surface area (Å²) in [6.45, 7) is 13.4. The minimum atomic E-state index is 1.07. The number of nitrogens with zero attached hydrogens (tertiary/aromatic N) is 2. The van der Waals surface area contributed by atoms with Crippen LogP contribution in [-0.4, -0.2) is 49.1 Å². The van der Waals surface area contributed by atoms with Gasteiger partial charge in [0.2, 0.25) is 0 Å². The SMILES string of the molecule is CCN(CC)Cc1ccc(CN2CCNCC2)cc1. The number of piperazine rings is 1. The standard InChI is InChI=1S/C16H27N3/c1-3-18(4-2)13-15-5-7-16(8-6-15)14-19-11-9-17-10-12-19/h5-8,17H,3-4,9-14H2,1-2H3. The molecular weight excluding hydrogens is 234 g/mol. The number of hydrogen-bond donors (Lipinski definition) is 1. The quantitative estimate of drug-likeness (QED) is 0.844. The second kappa shape index (κ2) is 7.63. The summed E-state index contributed by atoms with van der Waals surface area (Å²) in [5.74, 6) is 0. The van der Waals surface area contributed by atoms with Crippen LogP contribution >= 0.6 is 0 Å². The molecule has 0 saturated carbocycles. The summed E-state index contributed by atoms with van der Waals surface area (Å²) < 4.78 is 0. The molecule has 1 N–H and O–H groups in total. The van der Waals surface area contributed by atoms with Gasteiger partial charge in [0.05, 0.1) is 0 Å². The van der Waals surface area contributed by atoms with Crippen molar-refractivity contribution in [3.05, 3.63) is 35.4 Å². The second-order valence-electron chi connectivity index (χ2n) is 5.30. The first-order valence-corrected chi connectivity index (χ1v) is 7.55. The van der Waals surface area contributed by atoms with Crippen molar-refractivity contribution in [2.45, 2.75) is 26.9 Å². The Hall–Kier alpha value is -0.900. The van der Waals surface area contributed by atoms with Gasteiger partial charge in [0.15, 0.2) is 0 Å². The third kappa shape index (κ3) is 4.60.